The molecule has 3 aliphatic rings. The van der Waals surface area contributed by atoms with Gasteiger partial charge in [0, 0.05) is 34.9 Å². The molecule has 0 radical (unpaired) electrons. The van der Waals surface area contributed by atoms with Crippen LogP contribution in [0.5, 0.6) is 0 Å². The molecule has 29 heavy (non-hydrogen) atoms. The van der Waals surface area contributed by atoms with Crippen LogP contribution in [0.3, 0.4) is 0 Å². The molecule has 0 bridgehead atoms. The predicted octanol–water partition coefficient (Wildman–Crippen LogP) is 2.65. The van der Waals surface area contributed by atoms with Crippen molar-refractivity contribution in [2.45, 2.75) is 36.4 Å². The smallest absolute Gasteiger partial charge is 0.269 e. The number of hydrogen-bond acceptors (Lipinski definition) is 6. The number of benzene rings is 2. The lowest BCUT2D eigenvalue weighted by atomic mass is 9.73. The second-order valence-electron chi connectivity index (χ2n) is 7.77. The Bertz CT molecular complexity index is 1060. The van der Waals surface area contributed by atoms with Crippen LogP contribution in [0, 0.1) is 20.2 Å². The van der Waals surface area contributed by atoms with Gasteiger partial charge in [-0.25, -0.2) is 0 Å². The van der Waals surface area contributed by atoms with Crippen molar-refractivity contribution in [2.75, 3.05) is 11.9 Å². The summed E-state index contributed by atoms with van der Waals surface area (Å²) in [5.41, 5.74) is 0.408. The van der Waals surface area contributed by atoms with Crippen molar-refractivity contribution in [1.29, 1.82) is 0 Å². The molecule has 1 unspecified atom stereocenters. The van der Waals surface area contributed by atoms with Crippen molar-refractivity contribution in [3.05, 3.63) is 79.9 Å². The van der Waals surface area contributed by atoms with E-state index in [1.54, 1.807) is 12.1 Å². The predicted molar refractivity (Wildman–Crippen MR) is 103 cm³/mol. The van der Waals surface area contributed by atoms with Gasteiger partial charge in [0.1, 0.15) is 5.54 Å². The number of non-ortho nitro benzene ring substituents is 1. The van der Waals surface area contributed by atoms with Crippen molar-refractivity contribution in [2.24, 2.45) is 0 Å². The summed E-state index contributed by atoms with van der Waals surface area (Å²) >= 11 is 0. The van der Waals surface area contributed by atoms with Gasteiger partial charge >= 0.3 is 0 Å². The van der Waals surface area contributed by atoms with Crippen molar-refractivity contribution in [3.8, 4) is 0 Å². The summed E-state index contributed by atoms with van der Waals surface area (Å²) < 4.78 is 0. The molecule has 3 aliphatic heterocycles. The molecule has 1 N–H and O–H groups in total. The zero-order valence-electron chi connectivity index (χ0n) is 15.4. The first-order valence-corrected chi connectivity index (χ1v) is 9.52. The summed E-state index contributed by atoms with van der Waals surface area (Å²) in [6, 6.07) is 11.7. The molecule has 9 nitrogen and oxygen atoms in total. The van der Waals surface area contributed by atoms with Crippen LogP contribution in [0.15, 0.2) is 48.5 Å². The number of fused-ring (bicyclic) bond motifs is 4. The molecule has 0 aliphatic carbocycles. The first-order chi connectivity index (χ1) is 14.0. The van der Waals surface area contributed by atoms with E-state index < -0.39 is 28.5 Å². The number of nitrogens with zero attached hydrogens (tertiary/aromatic N) is 3. The third-order valence-corrected chi connectivity index (χ3v) is 6.55. The van der Waals surface area contributed by atoms with E-state index in [0.717, 1.165) is 6.42 Å². The highest BCUT2D eigenvalue weighted by atomic mass is 16.6. The number of amides is 1. The summed E-state index contributed by atoms with van der Waals surface area (Å²) in [5.74, 6) is -1.13. The molecule has 2 aromatic carbocycles. The minimum Gasteiger partial charge on any atom is -0.324 e. The Kier molecular flexibility index (Phi) is 3.72. The average Bonchev–Trinajstić information content (AvgIpc) is 3.35. The lowest BCUT2D eigenvalue weighted by Crippen LogP contribution is -2.50. The third kappa shape index (κ3) is 2.21. The molecule has 4 atom stereocenters. The molecular formula is C20H18N4O5. The Morgan fingerprint density at radius 1 is 1.10 bits per heavy atom. The number of carbonyl (C=O) groups is 1. The standard InChI is InChI=1S/C20H18N4O5/c25-19-20(14-7-1-2-8-15(14)21-19)17(12-5-3-6-13(11-12)23(26)27)18(24(28)29)16-9-4-10-22(16)20/h1-3,5-8,11,16-18H,4,9-10H2,(H,21,25)/t16?,17-,18+,20+/m0/s1. The van der Waals surface area contributed by atoms with Gasteiger partial charge < -0.3 is 5.32 Å². The van der Waals surface area contributed by atoms with E-state index in [-0.39, 0.29) is 16.5 Å². The van der Waals surface area contributed by atoms with Crippen LogP contribution < -0.4 is 5.32 Å². The van der Waals surface area contributed by atoms with Crippen molar-refractivity contribution < 1.29 is 14.6 Å². The van der Waals surface area contributed by atoms with Gasteiger partial charge in [0.25, 0.3) is 11.6 Å². The summed E-state index contributed by atoms with van der Waals surface area (Å²) in [7, 11) is 0. The van der Waals surface area contributed by atoms with Gasteiger partial charge in [-0.1, -0.05) is 30.3 Å². The number of nitro groups is 2. The summed E-state index contributed by atoms with van der Waals surface area (Å²) in [5, 5.41) is 26.5. The summed E-state index contributed by atoms with van der Waals surface area (Å²) in [6.45, 7) is 0.572. The van der Waals surface area contributed by atoms with Crippen LogP contribution in [0.1, 0.15) is 29.9 Å². The van der Waals surface area contributed by atoms with Crippen LogP contribution in [-0.2, 0) is 10.3 Å². The van der Waals surface area contributed by atoms with Crippen molar-refractivity contribution in [1.82, 2.24) is 4.90 Å². The Hall–Kier alpha value is -3.33. The number of anilines is 1. The fraction of sp³-hybridized carbons (Fsp3) is 0.350. The number of hydrogen-bond donors (Lipinski definition) is 1. The van der Waals surface area contributed by atoms with E-state index >= 15 is 0 Å². The zero-order valence-corrected chi connectivity index (χ0v) is 15.4. The summed E-state index contributed by atoms with van der Waals surface area (Å²) in [6.07, 6.45) is 1.39. The highest BCUT2D eigenvalue weighted by molar-refractivity contribution is 6.07. The first-order valence-electron chi connectivity index (χ1n) is 9.52. The highest BCUT2D eigenvalue weighted by Gasteiger charge is 2.71. The fourth-order valence-corrected chi connectivity index (χ4v) is 5.62. The zero-order chi connectivity index (χ0) is 20.3. The number of nitro benzene ring substituents is 1. The number of carbonyl (C=O) groups excluding carboxylic acids is 1. The molecule has 0 aromatic heterocycles. The summed E-state index contributed by atoms with van der Waals surface area (Å²) in [4.78, 5) is 38.2. The lowest BCUT2D eigenvalue weighted by molar-refractivity contribution is -0.527. The molecule has 2 aromatic rings. The maximum Gasteiger partial charge on any atom is 0.269 e. The Labute approximate surface area is 165 Å². The molecule has 0 saturated carbocycles. The Morgan fingerprint density at radius 3 is 2.66 bits per heavy atom. The largest absolute Gasteiger partial charge is 0.324 e. The lowest BCUT2D eigenvalue weighted by Gasteiger charge is -2.36. The van der Waals surface area contributed by atoms with Crippen LogP contribution in [-0.4, -0.2) is 39.3 Å². The average molecular weight is 394 g/mol. The Balaban J connectivity index is 1.80. The van der Waals surface area contributed by atoms with Crippen LogP contribution in [0.4, 0.5) is 11.4 Å². The molecule has 5 rings (SSSR count). The van der Waals surface area contributed by atoms with Crippen molar-refractivity contribution in [3.63, 3.8) is 0 Å². The van der Waals surface area contributed by atoms with E-state index in [1.807, 2.05) is 23.1 Å². The van der Waals surface area contributed by atoms with Gasteiger partial charge in [-0.05, 0) is 24.5 Å². The maximum atomic E-state index is 13.5. The molecule has 1 amide bonds. The monoisotopic (exact) mass is 394 g/mol. The fourth-order valence-electron chi connectivity index (χ4n) is 5.62. The van der Waals surface area contributed by atoms with E-state index in [1.165, 1.54) is 18.2 Å². The molecule has 148 valence electrons. The van der Waals surface area contributed by atoms with E-state index in [9.17, 15) is 25.0 Å². The number of para-hydroxylation sites is 1. The molecule has 2 saturated heterocycles. The van der Waals surface area contributed by atoms with Gasteiger partial charge in [0.05, 0.1) is 16.9 Å². The quantitative estimate of drug-likeness (QED) is 0.631. The topological polar surface area (TPSA) is 119 Å². The molecule has 3 heterocycles. The molecule has 2 fully saturated rings. The first kappa shape index (κ1) is 17.7. The second kappa shape index (κ2) is 6.08. The van der Waals surface area contributed by atoms with Crippen LogP contribution >= 0.6 is 0 Å². The van der Waals surface area contributed by atoms with Gasteiger partial charge in [-0.2, -0.15) is 0 Å². The van der Waals surface area contributed by atoms with E-state index in [0.29, 0.717) is 29.8 Å². The van der Waals surface area contributed by atoms with E-state index in [4.69, 9.17) is 0 Å². The molecular weight excluding hydrogens is 376 g/mol. The SMILES string of the molecule is O=C1Nc2ccccc2[C@@]12[C@@H](c1cccc([N+](=O)[O-])c1)[C@H]([N+](=O)[O-])C1CCCN12. The van der Waals surface area contributed by atoms with Crippen LogP contribution in [0.2, 0.25) is 0 Å². The van der Waals surface area contributed by atoms with Gasteiger partial charge in [0.15, 0.2) is 0 Å². The number of nitrogens with one attached hydrogen (secondary N) is 1. The molecule has 1 spiro atoms. The van der Waals surface area contributed by atoms with Gasteiger partial charge in [0.2, 0.25) is 6.04 Å². The Morgan fingerprint density at radius 2 is 1.90 bits per heavy atom. The normalized spacial score (nSPS) is 30.2. The van der Waals surface area contributed by atoms with Gasteiger partial charge in [-0.3, -0.25) is 29.9 Å². The van der Waals surface area contributed by atoms with Gasteiger partial charge in [-0.15, -0.1) is 0 Å². The maximum absolute atomic E-state index is 13.5. The number of rotatable bonds is 3. The minimum atomic E-state index is -1.25. The van der Waals surface area contributed by atoms with Crippen molar-refractivity contribution >= 4 is 17.3 Å². The second-order valence-corrected chi connectivity index (χ2v) is 7.77. The van der Waals surface area contributed by atoms with E-state index in [2.05, 4.69) is 5.32 Å². The molecule has 9 heteroatoms. The van der Waals surface area contributed by atoms with Crippen LogP contribution in [0.25, 0.3) is 0 Å². The third-order valence-electron chi connectivity index (χ3n) is 6.55. The minimum absolute atomic E-state index is 0.140. The highest BCUT2D eigenvalue weighted by Crippen LogP contribution is 2.59.